The van der Waals surface area contributed by atoms with Crippen LogP contribution in [0, 0.1) is 24.9 Å². The molecule has 4 aliphatic rings. The highest BCUT2D eigenvalue weighted by atomic mass is 127. The van der Waals surface area contributed by atoms with Crippen LogP contribution >= 0.6 is 45.2 Å². The molecule has 3 aliphatic heterocycles. The monoisotopic (exact) mass is 508 g/mol. The lowest BCUT2D eigenvalue weighted by Crippen LogP contribution is -2.50. The lowest BCUT2D eigenvalue weighted by molar-refractivity contribution is 0.0343. The molecule has 1 aliphatic carbocycles. The van der Waals surface area contributed by atoms with Crippen molar-refractivity contribution in [1.29, 1.82) is 0 Å². The summed E-state index contributed by atoms with van der Waals surface area (Å²) in [6, 6.07) is 4.04. The number of Topliss-reactive ketones (excluding diaryl/α,β-unsaturated/α-hetero) is 1. The van der Waals surface area contributed by atoms with Crippen LogP contribution in [0.2, 0.25) is 0 Å². The van der Waals surface area contributed by atoms with Gasteiger partial charge < -0.3 is 9.47 Å². The van der Waals surface area contributed by atoms with Crippen molar-refractivity contribution in [2.45, 2.75) is 37.6 Å². The predicted molar refractivity (Wildman–Crippen MR) is 93.6 cm³/mol. The minimum atomic E-state index is -0.0737. The van der Waals surface area contributed by atoms with E-state index in [2.05, 4.69) is 45.2 Å². The highest BCUT2D eigenvalue weighted by Crippen LogP contribution is 2.57. The van der Waals surface area contributed by atoms with Crippen molar-refractivity contribution < 1.29 is 14.3 Å². The second-order valence-electron chi connectivity index (χ2n) is 6.56. The zero-order chi connectivity index (χ0) is 14.3. The summed E-state index contributed by atoms with van der Waals surface area (Å²) in [5.74, 6) is 2.15. The summed E-state index contributed by atoms with van der Waals surface area (Å²) in [5, 5.41) is 0. The van der Waals surface area contributed by atoms with Gasteiger partial charge in [0, 0.05) is 7.14 Å². The van der Waals surface area contributed by atoms with Gasteiger partial charge in [0.2, 0.25) is 0 Å². The molecule has 6 unspecified atom stereocenters. The molecule has 110 valence electrons. The third kappa shape index (κ3) is 1.71. The zero-order valence-electron chi connectivity index (χ0n) is 11.2. The highest BCUT2D eigenvalue weighted by molar-refractivity contribution is 14.1. The van der Waals surface area contributed by atoms with E-state index >= 15 is 0 Å². The Bertz CT molecular complexity index is 659. The van der Waals surface area contributed by atoms with E-state index in [0.717, 1.165) is 18.5 Å². The SMILES string of the molecule is O=C1c2c(I)cc(I)cc2OC2C3OC(C4CCCC43)C12. The van der Waals surface area contributed by atoms with Gasteiger partial charge in [-0.1, -0.05) is 6.42 Å². The molecule has 0 radical (unpaired) electrons. The number of hydrogen-bond acceptors (Lipinski definition) is 3. The topological polar surface area (TPSA) is 35.5 Å². The number of fused-ring (bicyclic) bond motifs is 9. The molecule has 5 rings (SSSR count). The van der Waals surface area contributed by atoms with Crippen LogP contribution in [0.3, 0.4) is 0 Å². The fourth-order valence-corrected chi connectivity index (χ4v) is 6.97. The Morgan fingerprint density at radius 3 is 2.62 bits per heavy atom. The quantitative estimate of drug-likeness (QED) is 0.503. The Kier molecular flexibility index (Phi) is 2.94. The van der Waals surface area contributed by atoms with Crippen LogP contribution in [0.15, 0.2) is 12.1 Å². The van der Waals surface area contributed by atoms with Crippen LogP contribution < -0.4 is 4.74 Å². The first-order valence-electron chi connectivity index (χ1n) is 7.50. The van der Waals surface area contributed by atoms with Crippen molar-refractivity contribution in [3.8, 4) is 5.75 Å². The van der Waals surface area contributed by atoms with Gasteiger partial charge in [-0.25, -0.2) is 0 Å². The third-order valence-electron chi connectivity index (χ3n) is 5.65. The Morgan fingerprint density at radius 1 is 1.05 bits per heavy atom. The summed E-state index contributed by atoms with van der Waals surface area (Å²) in [6.45, 7) is 0. The highest BCUT2D eigenvalue weighted by Gasteiger charge is 2.65. The molecule has 3 fully saturated rings. The smallest absolute Gasteiger partial charge is 0.177 e. The van der Waals surface area contributed by atoms with Gasteiger partial charge in [0.1, 0.15) is 11.9 Å². The minimum absolute atomic E-state index is 0.0525. The van der Waals surface area contributed by atoms with Crippen LogP contribution in [-0.2, 0) is 4.74 Å². The number of carbonyl (C=O) groups is 1. The Hall–Kier alpha value is 0.110. The van der Waals surface area contributed by atoms with Crippen molar-refractivity contribution >= 4 is 51.0 Å². The maximum Gasteiger partial charge on any atom is 0.177 e. The number of halogens is 2. The number of benzene rings is 1. The van der Waals surface area contributed by atoms with Gasteiger partial charge in [0.15, 0.2) is 5.78 Å². The van der Waals surface area contributed by atoms with Gasteiger partial charge >= 0.3 is 0 Å². The van der Waals surface area contributed by atoms with Crippen LogP contribution in [0.4, 0.5) is 0 Å². The molecule has 1 saturated carbocycles. The molecule has 1 aromatic carbocycles. The lowest BCUT2D eigenvalue weighted by Gasteiger charge is -2.38. The van der Waals surface area contributed by atoms with Crippen LogP contribution in [0.5, 0.6) is 5.75 Å². The van der Waals surface area contributed by atoms with Crippen molar-refractivity contribution in [2.75, 3.05) is 0 Å². The number of ether oxygens (including phenoxy) is 2. The van der Waals surface area contributed by atoms with E-state index in [0.29, 0.717) is 11.8 Å². The molecule has 1 aromatic rings. The summed E-state index contributed by atoms with van der Waals surface area (Å²) in [6.07, 6.45) is 3.93. The first-order chi connectivity index (χ1) is 10.1. The van der Waals surface area contributed by atoms with Crippen molar-refractivity contribution in [2.24, 2.45) is 17.8 Å². The van der Waals surface area contributed by atoms with Gasteiger partial charge in [-0.15, -0.1) is 0 Å². The Labute approximate surface area is 150 Å². The van der Waals surface area contributed by atoms with Gasteiger partial charge in [0.25, 0.3) is 0 Å². The van der Waals surface area contributed by atoms with Crippen LogP contribution in [-0.4, -0.2) is 24.1 Å². The largest absolute Gasteiger partial charge is 0.486 e. The van der Waals surface area contributed by atoms with E-state index in [1.165, 1.54) is 19.3 Å². The van der Waals surface area contributed by atoms with E-state index < -0.39 is 0 Å². The molecular formula is C16H14I2O3. The van der Waals surface area contributed by atoms with Crippen molar-refractivity contribution in [3.63, 3.8) is 0 Å². The molecule has 3 nitrogen and oxygen atoms in total. The van der Waals surface area contributed by atoms with Crippen molar-refractivity contribution in [1.82, 2.24) is 0 Å². The molecular weight excluding hydrogens is 494 g/mol. The van der Waals surface area contributed by atoms with Gasteiger partial charge in [-0.05, 0) is 82.0 Å². The second kappa shape index (κ2) is 4.56. The zero-order valence-corrected chi connectivity index (χ0v) is 15.5. The molecule has 21 heavy (non-hydrogen) atoms. The van der Waals surface area contributed by atoms with Gasteiger partial charge in [-0.2, -0.15) is 0 Å². The summed E-state index contributed by atoms with van der Waals surface area (Å²) < 4.78 is 14.6. The van der Waals surface area contributed by atoms with E-state index in [-0.39, 0.29) is 30.0 Å². The fourth-order valence-electron chi connectivity index (χ4n) is 4.91. The van der Waals surface area contributed by atoms with Crippen molar-refractivity contribution in [3.05, 3.63) is 24.8 Å². The standard InChI is InChI=1S/C16H14I2O3/c17-6-4-9(18)11-10(5-6)20-16-12(13(11)19)14-7-2-1-3-8(7)15(16)21-14/h4-5,7-8,12,14-16H,1-3H2. The number of ketones is 1. The average Bonchev–Trinajstić information content (AvgIpc) is 3.07. The maximum absolute atomic E-state index is 13.0. The third-order valence-corrected chi connectivity index (χ3v) is 7.12. The van der Waals surface area contributed by atoms with E-state index in [4.69, 9.17) is 9.47 Å². The minimum Gasteiger partial charge on any atom is -0.486 e. The second-order valence-corrected chi connectivity index (χ2v) is 8.96. The molecule has 3 heterocycles. The van der Waals surface area contributed by atoms with E-state index in [1.807, 2.05) is 12.1 Å². The first kappa shape index (κ1) is 13.5. The normalized spacial score (nSPS) is 42.5. The van der Waals surface area contributed by atoms with Crippen LogP contribution in [0.1, 0.15) is 29.6 Å². The predicted octanol–water partition coefficient (Wildman–Crippen LogP) is 3.65. The lowest BCUT2D eigenvalue weighted by atomic mass is 9.70. The average molecular weight is 508 g/mol. The molecule has 5 heteroatoms. The molecule has 2 saturated heterocycles. The summed E-state index contributed by atoms with van der Waals surface area (Å²) in [5.41, 5.74) is 0.781. The molecule has 0 amide bonds. The van der Waals surface area contributed by atoms with Gasteiger partial charge in [-0.3, -0.25) is 4.79 Å². The van der Waals surface area contributed by atoms with Gasteiger partial charge in [0.05, 0.1) is 23.7 Å². The Morgan fingerprint density at radius 2 is 1.81 bits per heavy atom. The molecule has 0 N–H and O–H groups in total. The molecule has 0 spiro atoms. The summed E-state index contributed by atoms with van der Waals surface area (Å²) >= 11 is 4.53. The molecule has 2 bridgehead atoms. The molecule has 6 atom stereocenters. The molecule has 0 aromatic heterocycles. The number of rotatable bonds is 0. The van der Waals surface area contributed by atoms with E-state index in [9.17, 15) is 4.79 Å². The first-order valence-corrected chi connectivity index (χ1v) is 9.66. The maximum atomic E-state index is 13.0. The van der Waals surface area contributed by atoms with E-state index in [1.54, 1.807) is 0 Å². The Balaban J connectivity index is 1.62. The fraction of sp³-hybridized carbons (Fsp3) is 0.562. The summed E-state index contributed by atoms with van der Waals surface area (Å²) in [4.78, 5) is 13.0. The number of hydrogen-bond donors (Lipinski definition) is 0. The van der Waals surface area contributed by atoms with Crippen LogP contribution in [0.25, 0.3) is 0 Å². The number of carbonyl (C=O) groups excluding carboxylic acids is 1. The summed E-state index contributed by atoms with van der Waals surface area (Å²) in [7, 11) is 0.